The van der Waals surface area contributed by atoms with E-state index in [0.29, 0.717) is 23.5 Å². The summed E-state index contributed by atoms with van der Waals surface area (Å²) in [6.45, 7) is 6.07. The molecule has 2 heterocycles. The molecule has 4 rings (SSSR count). The molecule has 0 atom stereocenters. The molecule has 3 aromatic rings. The average Bonchev–Trinajstić information content (AvgIpc) is 3.67. The van der Waals surface area contributed by atoms with Crippen LogP contribution < -0.4 is 10.2 Å². The SMILES string of the molecule is CCN(CC)c1ccc(Cc2nccc(-c3ccc(NC(=O)C4CC4)c(C#N)c3)n2)cn1. The Morgan fingerprint density at radius 1 is 1.16 bits per heavy atom. The van der Waals surface area contributed by atoms with E-state index < -0.39 is 0 Å². The zero-order chi connectivity index (χ0) is 22.5. The molecule has 0 aliphatic heterocycles. The molecule has 1 aliphatic carbocycles. The number of amides is 1. The number of nitriles is 1. The maximum atomic E-state index is 12.1. The Labute approximate surface area is 188 Å². The van der Waals surface area contributed by atoms with Gasteiger partial charge in [0.2, 0.25) is 5.91 Å². The molecule has 0 spiro atoms. The number of carbonyl (C=O) groups excluding carboxylic acids is 1. The van der Waals surface area contributed by atoms with Crippen molar-refractivity contribution in [1.29, 1.82) is 5.26 Å². The molecular weight excluding hydrogens is 400 g/mol. The molecule has 162 valence electrons. The van der Waals surface area contributed by atoms with E-state index in [1.54, 1.807) is 18.3 Å². The van der Waals surface area contributed by atoms with Gasteiger partial charge in [0.15, 0.2) is 0 Å². The summed E-state index contributed by atoms with van der Waals surface area (Å²) in [5.41, 5.74) is 3.55. The van der Waals surface area contributed by atoms with E-state index >= 15 is 0 Å². The van der Waals surface area contributed by atoms with Crippen LogP contribution >= 0.6 is 0 Å². The van der Waals surface area contributed by atoms with E-state index in [4.69, 9.17) is 0 Å². The Hall–Kier alpha value is -3.79. The molecule has 0 radical (unpaired) electrons. The molecule has 1 N–H and O–H groups in total. The minimum absolute atomic E-state index is 0.0146. The summed E-state index contributed by atoms with van der Waals surface area (Å²) < 4.78 is 0. The number of carbonyl (C=O) groups is 1. The quantitative estimate of drug-likeness (QED) is 0.580. The third-order valence-electron chi connectivity index (χ3n) is 5.61. The van der Waals surface area contributed by atoms with E-state index in [1.165, 1.54) is 0 Å². The van der Waals surface area contributed by atoms with Crippen molar-refractivity contribution in [3.05, 3.63) is 65.7 Å². The van der Waals surface area contributed by atoms with Crippen molar-refractivity contribution < 1.29 is 4.79 Å². The maximum absolute atomic E-state index is 12.1. The molecular formula is C25H26N6O. The van der Waals surface area contributed by atoms with Crippen molar-refractivity contribution in [1.82, 2.24) is 15.0 Å². The largest absolute Gasteiger partial charge is 0.357 e. The summed E-state index contributed by atoms with van der Waals surface area (Å²) >= 11 is 0. The Kier molecular flexibility index (Phi) is 6.41. The van der Waals surface area contributed by atoms with E-state index in [-0.39, 0.29) is 11.8 Å². The van der Waals surface area contributed by atoms with Gasteiger partial charge in [-0.1, -0.05) is 12.1 Å². The van der Waals surface area contributed by atoms with Gasteiger partial charge in [0.05, 0.1) is 16.9 Å². The number of anilines is 2. The number of hydrogen-bond acceptors (Lipinski definition) is 6. The number of nitrogens with one attached hydrogen (secondary N) is 1. The minimum Gasteiger partial charge on any atom is -0.357 e. The first-order valence-electron chi connectivity index (χ1n) is 11.0. The third-order valence-corrected chi connectivity index (χ3v) is 5.61. The van der Waals surface area contributed by atoms with E-state index in [9.17, 15) is 10.1 Å². The van der Waals surface area contributed by atoms with Gasteiger partial charge in [-0.05, 0) is 56.5 Å². The lowest BCUT2D eigenvalue weighted by atomic mass is 10.1. The average molecular weight is 427 g/mol. The van der Waals surface area contributed by atoms with Gasteiger partial charge in [-0.3, -0.25) is 4.79 Å². The van der Waals surface area contributed by atoms with Gasteiger partial charge in [0, 0.05) is 43.4 Å². The topological polar surface area (TPSA) is 94.8 Å². The predicted octanol–water partition coefficient (Wildman–Crippen LogP) is 4.20. The molecule has 1 aliphatic rings. The van der Waals surface area contributed by atoms with E-state index in [1.807, 2.05) is 24.4 Å². The summed E-state index contributed by atoms with van der Waals surface area (Å²) in [5, 5.41) is 12.4. The van der Waals surface area contributed by atoms with Crippen LogP contribution in [0.4, 0.5) is 11.5 Å². The van der Waals surface area contributed by atoms with Gasteiger partial charge in [0.25, 0.3) is 0 Å². The predicted molar refractivity (Wildman–Crippen MR) is 124 cm³/mol. The first-order valence-corrected chi connectivity index (χ1v) is 11.0. The normalized spacial score (nSPS) is 12.8. The van der Waals surface area contributed by atoms with Crippen molar-refractivity contribution in [2.24, 2.45) is 5.92 Å². The Morgan fingerprint density at radius 2 is 1.97 bits per heavy atom. The summed E-state index contributed by atoms with van der Waals surface area (Å²) in [6.07, 6.45) is 6.01. The van der Waals surface area contributed by atoms with Crippen LogP contribution in [-0.4, -0.2) is 33.9 Å². The molecule has 1 aromatic carbocycles. The lowest BCUT2D eigenvalue weighted by Gasteiger charge is -2.19. The molecule has 1 saturated carbocycles. The zero-order valence-electron chi connectivity index (χ0n) is 18.4. The molecule has 32 heavy (non-hydrogen) atoms. The fraction of sp³-hybridized carbons (Fsp3) is 0.320. The van der Waals surface area contributed by atoms with Crippen molar-refractivity contribution in [2.75, 3.05) is 23.3 Å². The number of pyridine rings is 1. The Morgan fingerprint density at radius 3 is 2.62 bits per heavy atom. The smallest absolute Gasteiger partial charge is 0.227 e. The lowest BCUT2D eigenvalue weighted by molar-refractivity contribution is -0.117. The number of aromatic nitrogens is 3. The number of nitrogens with zero attached hydrogens (tertiary/aromatic N) is 5. The lowest BCUT2D eigenvalue weighted by Crippen LogP contribution is -2.22. The van der Waals surface area contributed by atoms with Crippen LogP contribution in [-0.2, 0) is 11.2 Å². The highest BCUT2D eigenvalue weighted by atomic mass is 16.2. The van der Waals surface area contributed by atoms with E-state index in [0.717, 1.165) is 48.6 Å². The molecule has 7 heteroatoms. The van der Waals surface area contributed by atoms with E-state index in [2.05, 4.69) is 51.2 Å². The second-order valence-corrected chi connectivity index (χ2v) is 7.87. The molecule has 0 saturated heterocycles. The Bertz CT molecular complexity index is 1140. The third kappa shape index (κ3) is 4.92. The van der Waals surface area contributed by atoms with Crippen molar-refractivity contribution in [2.45, 2.75) is 33.1 Å². The molecule has 0 bridgehead atoms. The standard InChI is InChI=1S/C25H26N6O/c1-3-31(4-2)24-10-5-17(16-28-24)13-23-27-12-11-22(29-23)19-8-9-21(20(14-19)15-26)30-25(32)18-6-7-18/h5,8-12,14,16,18H,3-4,6-7,13H2,1-2H3,(H,30,32). The second-order valence-electron chi connectivity index (χ2n) is 7.87. The zero-order valence-corrected chi connectivity index (χ0v) is 18.4. The fourth-order valence-corrected chi connectivity index (χ4v) is 3.57. The highest BCUT2D eigenvalue weighted by molar-refractivity contribution is 5.95. The highest BCUT2D eigenvalue weighted by Gasteiger charge is 2.30. The number of hydrogen-bond donors (Lipinski definition) is 1. The van der Waals surface area contributed by atoms with Crippen molar-refractivity contribution >= 4 is 17.4 Å². The van der Waals surface area contributed by atoms with Crippen molar-refractivity contribution in [3.8, 4) is 17.3 Å². The van der Waals surface area contributed by atoms with Gasteiger partial charge < -0.3 is 10.2 Å². The molecule has 2 aromatic heterocycles. The molecule has 7 nitrogen and oxygen atoms in total. The highest BCUT2D eigenvalue weighted by Crippen LogP contribution is 2.31. The van der Waals surface area contributed by atoms with Crippen LogP contribution in [0, 0.1) is 17.2 Å². The number of rotatable bonds is 8. The summed E-state index contributed by atoms with van der Waals surface area (Å²) in [7, 11) is 0. The van der Waals surface area contributed by atoms with Gasteiger partial charge in [-0.15, -0.1) is 0 Å². The van der Waals surface area contributed by atoms with Crippen molar-refractivity contribution in [3.63, 3.8) is 0 Å². The van der Waals surface area contributed by atoms with Gasteiger partial charge >= 0.3 is 0 Å². The van der Waals surface area contributed by atoms with Gasteiger partial charge in [-0.2, -0.15) is 5.26 Å². The monoisotopic (exact) mass is 426 g/mol. The first-order chi connectivity index (χ1) is 15.6. The number of benzene rings is 1. The molecule has 0 unspecified atom stereocenters. The summed E-state index contributed by atoms with van der Waals surface area (Å²) in [4.78, 5) is 27.9. The summed E-state index contributed by atoms with van der Waals surface area (Å²) in [5.74, 6) is 1.72. The van der Waals surface area contributed by atoms with Crippen LogP contribution in [0.15, 0.2) is 48.8 Å². The Balaban J connectivity index is 1.51. The van der Waals surface area contributed by atoms with Crippen LogP contribution in [0.2, 0.25) is 0 Å². The van der Waals surface area contributed by atoms with Crippen LogP contribution in [0.25, 0.3) is 11.3 Å². The van der Waals surface area contributed by atoms with Crippen LogP contribution in [0.5, 0.6) is 0 Å². The van der Waals surface area contributed by atoms with Gasteiger partial charge in [-0.25, -0.2) is 15.0 Å². The maximum Gasteiger partial charge on any atom is 0.227 e. The second kappa shape index (κ2) is 9.56. The van der Waals surface area contributed by atoms with Crippen LogP contribution in [0.1, 0.15) is 43.6 Å². The van der Waals surface area contributed by atoms with Gasteiger partial charge in [0.1, 0.15) is 17.7 Å². The van der Waals surface area contributed by atoms with Crippen LogP contribution in [0.3, 0.4) is 0 Å². The molecule has 1 amide bonds. The first kappa shape index (κ1) is 21.4. The summed E-state index contributed by atoms with van der Waals surface area (Å²) in [6, 6.07) is 13.5. The fourth-order valence-electron chi connectivity index (χ4n) is 3.57. The molecule has 1 fully saturated rings. The minimum atomic E-state index is -0.0146.